The van der Waals surface area contributed by atoms with Crippen LogP contribution < -0.4 is 14.2 Å². The fraction of sp³-hybridized carbons (Fsp3) is 0.375. The van der Waals surface area contributed by atoms with E-state index < -0.39 is 17.9 Å². The summed E-state index contributed by atoms with van der Waals surface area (Å²) in [6.07, 6.45) is -0.316. The number of aliphatic hydroxyl groups is 1. The molecule has 0 aliphatic heterocycles. The molecule has 1 aromatic rings. The summed E-state index contributed by atoms with van der Waals surface area (Å²) in [6.45, 7) is 1.77. The van der Waals surface area contributed by atoms with Crippen LogP contribution in [0.5, 0.6) is 17.2 Å². The first kappa shape index (κ1) is 16.8. The highest BCUT2D eigenvalue weighted by molar-refractivity contribution is 6.14. The third-order valence-corrected chi connectivity index (χ3v) is 3.50. The van der Waals surface area contributed by atoms with E-state index in [0.717, 1.165) is 6.08 Å². The molecule has 0 saturated carbocycles. The number of fused-ring (bicyclic) bond motifs is 1. The second-order valence-corrected chi connectivity index (χ2v) is 4.69. The number of esters is 1. The number of allylic oxidation sites excluding steroid dienone is 1. The molecule has 1 aliphatic carbocycles. The summed E-state index contributed by atoms with van der Waals surface area (Å²) in [6, 6.07) is 1.49. The van der Waals surface area contributed by atoms with Gasteiger partial charge in [0.25, 0.3) is 0 Å². The van der Waals surface area contributed by atoms with Crippen LogP contribution in [0, 0.1) is 0 Å². The lowest BCUT2D eigenvalue weighted by molar-refractivity contribution is -0.139. The molecule has 1 aliphatic rings. The molecule has 0 fully saturated rings. The van der Waals surface area contributed by atoms with Gasteiger partial charge in [0.05, 0.1) is 39.1 Å². The van der Waals surface area contributed by atoms with E-state index in [1.54, 1.807) is 6.92 Å². The lowest BCUT2D eigenvalue weighted by atomic mass is 9.86. The minimum atomic E-state index is -1.36. The van der Waals surface area contributed by atoms with E-state index in [1.165, 1.54) is 27.4 Å². The third kappa shape index (κ3) is 2.75. The first-order valence-corrected chi connectivity index (χ1v) is 6.94. The maximum atomic E-state index is 12.5. The van der Waals surface area contributed by atoms with E-state index in [0.29, 0.717) is 0 Å². The standard InChI is InChI=1S/C16H18O7/c1-5-23-16(19)8-6-9(17)12-13(14(8)18)10(20-2)7-11(21-3)15(12)22-4/h6-7,14,18H,5H2,1-4H3. The van der Waals surface area contributed by atoms with E-state index in [2.05, 4.69) is 0 Å². The van der Waals surface area contributed by atoms with E-state index in [-0.39, 0.29) is 40.6 Å². The second-order valence-electron chi connectivity index (χ2n) is 4.69. The molecule has 0 radical (unpaired) electrons. The number of aliphatic hydroxyl groups excluding tert-OH is 1. The van der Waals surface area contributed by atoms with Gasteiger partial charge in [-0.05, 0) is 13.0 Å². The smallest absolute Gasteiger partial charge is 0.337 e. The number of hydrogen-bond donors (Lipinski definition) is 1. The Morgan fingerprint density at radius 3 is 2.35 bits per heavy atom. The Hall–Kier alpha value is -2.54. The van der Waals surface area contributed by atoms with Crippen molar-refractivity contribution in [3.63, 3.8) is 0 Å². The quantitative estimate of drug-likeness (QED) is 0.820. The summed E-state index contributed by atoms with van der Waals surface area (Å²) in [5, 5.41) is 10.5. The second kappa shape index (κ2) is 6.70. The van der Waals surface area contributed by atoms with Crippen LogP contribution in [-0.4, -0.2) is 44.8 Å². The van der Waals surface area contributed by atoms with Crippen molar-refractivity contribution in [3.05, 3.63) is 28.8 Å². The lowest BCUT2D eigenvalue weighted by Gasteiger charge is -2.25. The van der Waals surface area contributed by atoms with Crippen LogP contribution in [0.15, 0.2) is 17.7 Å². The van der Waals surface area contributed by atoms with Gasteiger partial charge >= 0.3 is 5.97 Å². The Kier molecular flexibility index (Phi) is 4.90. The average molecular weight is 322 g/mol. The SMILES string of the molecule is CCOC(=O)C1=CC(=O)c2c(OC)c(OC)cc(OC)c2C1O. The largest absolute Gasteiger partial charge is 0.496 e. The zero-order valence-electron chi connectivity index (χ0n) is 13.3. The Morgan fingerprint density at radius 2 is 1.83 bits per heavy atom. The molecule has 0 aromatic heterocycles. The van der Waals surface area contributed by atoms with Crippen molar-refractivity contribution >= 4 is 11.8 Å². The van der Waals surface area contributed by atoms with Crippen LogP contribution in [0.3, 0.4) is 0 Å². The summed E-state index contributed by atoms with van der Waals surface area (Å²) in [4.78, 5) is 24.4. The molecule has 1 atom stereocenters. The molecule has 0 amide bonds. The normalized spacial score (nSPS) is 16.3. The third-order valence-electron chi connectivity index (χ3n) is 3.50. The zero-order chi connectivity index (χ0) is 17.1. The zero-order valence-corrected chi connectivity index (χ0v) is 13.3. The van der Waals surface area contributed by atoms with Gasteiger partial charge in [-0.15, -0.1) is 0 Å². The van der Waals surface area contributed by atoms with Crippen LogP contribution >= 0.6 is 0 Å². The van der Waals surface area contributed by atoms with Crippen LogP contribution in [0.4, 0.5) is 0 Å². The van der Waals surface area contributed by atoms with Gasteiger partial charge in [-0.1, -0.05) is 0 Å². The summed E-state index contributed by atoms with van der Waals surface area (Å²) in [7, 11) is 4.20. The highest BCUT2D eigenvalue weighted by Gasteiger charge is 2.37. The van der Waals surface area contributed by atoms with Crippen LogP contribution in [0.25, 0.3) is 0 Å². The Balaban J connectivity index is 2.69. The fourth-order valence-electron chi connectivity index (χ4n) is 2.50. The molecule has 124 valence electrons. The van der Waals surface area contributed by atoms with Crippen LogP contribution in [-0.2, 0) is 9.53 Å². The number of carbonyl (C=O) groups excluding carboxylic acids is 2. The first-order chi connectivity index (χ1) is 11.0. The van der Waals surface area contributed by atoms with Gasteiger partial charge in [-0.3, -0.25) is 4.79 Å². The molecule has 0 heterocycles. The average Bonchev–Trinajstić information content (AvgIpc) is 2.56. The number of ether oxygens (including phenoxy) is 4. The highest BCUT2D eigenvalue weighted by Crippen LogP contribution is 2.46. The molecule has 0 bridgehead atoms. The molecule has 23 heavy (non-hydrogen) atoms. The van der Waals surface area contributed by atoms with E-state index >= 15 is 0 Å². The summed E-state index contributed by atoms with van der Waals surface area (Å²) < 4.78 is 20.5. The van der Waals surface area contributed by atoms with Crippen molar-refractivity contribution in [2.24, 2.45) is 0 Å². The van der Waals surface area contributed by atoms with Crippen molar-refractivity contribution < 1.29 is 33.6 Å². The summed E-state index contributed by atoms with van der Waals surface area (Å²) in [5.74, 6) is -0.574. The number of methoxy groups -OCH3 is 3. The monoisotopic (exact) mass is 322 g/mol. The van der Waals surface area contributed by atoms with Crippen LogP contribution in [0.2, 0.25) is 0 Å². The van der Waals surface area contributed by atoms with Crippen molar-refractivity contribution in [1.82, 2.24) is 0 Å². The summed E-state index contributed by atoms with van der Waals surface area (Å²) in [5.41, 5.74) is 0.111. The van der Waals surface area contributed by atoms with Gasteiger partial charge < -0.3 is 24.1 Å². The van der Waals surface area contributed by atoms with Crippen molar-refractivity contribution in [2.75, 3.05) is 27.9 Å². The topological polar surface area (TPSA) is 91.3 Å². The summed E-state index contributed by atoms with van der Waals surface area (Å²) >= 11 is 0. The van der Waals surface area contributed by atoms with Crippen LogP contribution in [0.1, 0.15) is 28.9 Å². The van der Waals surface area contributed by atoms with Crippen molar-refractivity contribution in [1.29, 1.82) is 0 Å². The predicted octanol–water partition coefficient (Wildman–Crippen LogP) is 1.43. The van der Waals surface area contributed by atoms with Gasteiger partial charge in [0.15, 0.2) is 17.3 Å². The number of ketones is 1. The van der Waals surface area contributed by atoms with Gasteiger partial charge in [-0.2, -0.15) is 0 Å². The molecule has 7 nitrogen and oxygen atoms in total. The predicted molar refractivity (Wildman–Crippen MR) is 80.1 cm³/mol. The number of carbonyl (C=O) groups is 2. The van der Waals surface area contributed by atoms with Gasteiger partial charge in [-0.25, -0.2) is 4.79 Å². The molecule has 7 heteroatoms. The fourth-order valence-corrected chi connectivity index (χ4v) is 2.50. The Labute approximate surface area is 133 Å². The first-order valence-electron chi connectivity index (χ1n) is 6.94. The minimum absolute atomic E-state index is 0.101. The Morgan fingerprint density at radius 1 is 1.17 bits per heavy atom. The molecule has 0 spiro atoms. The van der Waals surface area contributed by atoms with E-state index in [9.17, 15) is 14.7 Å². The number of benzene rings is 1. The van der Waals surface area contributed by atoms with E-state index in [1.807, 2.05) is 0 Å². The molecule has 1 unspecified atom stereocenters. The molecule has 1 aromatic carbocycles. The number of hydrogen-bond acceptors (Lipinski definition) is 7. The molecular formula is C16H18O7. The molecule has 0 saturated heterocycles. The highest BCUT2D eigenvalue weighted by atomic mass is 16.5. The molecule has 1 N–H and O–H groups in total. The maximum Gasteiger partial charge on any atom is 0.337 e. The van der Waals surface area contributed by atoms with Gasteiger partial charge in [0, 0.05) is 11.6 Å². The van der Waals surface area contributed by atoms with E-state index in [4.69, 9.17) is 18.9 Å². The maximum absolute atomic E-state index is 12.5. The Bertz CT molecular complexity index is 675. The molecular weight excluding hydrogens is 304 g/mol. The minimum Gasteiger partial charge on any atom is -0.496 e. The van der Waals surface area contributed by atoms with Gasteiger partial charge in [0.2, 0.25) is 0 Å². The number of rotatable bonds is 5. The van der Waals surface area contributed by atoms with Gasteiger partial charge in [0.1, 0.15) is 11.9 Å². The molecule has 2 rings (SSSR count). The lowest BCUT2D eigenvalue weighted by Crippen LogP contribution is -2.23. The van der Waals surface area contributed by atoms with Crippen molar-refractivity contribution in [3.8, 4) is 17.2 Å². The van der Waals surface area contributed by atoms with Crippen molar-refractivity contribution in [2.45, 2.75) is 13.0 Å².